The molecule has 0 saturated carbocycles. The second-order valence-electron chi connectivity index (χ2n) is 5.57. The average molecular weight is 352 g/mol. The zero-order valence-electron chi connectivity index (χ0n) is 12.9. The van der Waals surface area contributed by atoms with Crippen molar-refractivity contribution in [1.82, 2.24) is 9.55 Å². The van der Waals surface area contributed by atoms with E-state index >= 15 is 0 Å². The lowest BCUT2D eigenvalue weighted by Crippen LogP contribution is -2.35. The number of carbonyl (C=O) groups is 1. The Balaban J connectivity index is 1.70. The highest BCUT2D eigenvalue weighted by molar-refractivity contribution is 5.89. The molecule has 3 rings (SSSR count). The molecule has 2 aromatic rings. The van der Waals surface area contributed by atoms with Crippen LogP contribution in [0.1, 0.15) is 23.0 Å². The van der Waals surface area contributed by atoms with E-state index in [0.29, 0.717) is 0 Å². The van der Waals surface area contributed by atoms with Gasteiger partial charge in [0.15, 0.2) is 19.0 Å². The van der Waals surface area contributed by atoms with Crippen molar-refractivity contribution < 1.29 is 23.0 Å². The molecule has 3 atom stereocenters. The van der Waals surface area contributed by atoms with E-state index in [9.17, 15) is 23.2 Å². The lowest BCUT2D eigenvalue weighted by molar-refractivity contribution is -0.180. The largest absolute Gasteiger partial charge is 0.456 e. The first-order valence-corrected chi connectivity index (χ1v) is 7.42. The first kappa shape index (κ1) is 17.0. The summed E-state index contributed by atoms with van der Waals surface area (Å²) in [4.78, 5) is 36.5. The molecule has 7 nitrogen and oxygen atoms in total. The van der Waals surface area contributed by atoms with Crippen molar-refractivity contribution in [1.29, 1.82) is 0 Å². The summed E-state index contributed by atoms with van der Waals surface area (Å²) < 4.78 is 39.4. The minimum Gasteiger partial charge on any atom is -0.456 e. The molecule has 0 amide bonds. The predicted octanol–water partition coefficient (Wildman–Crippen LogP) is 1.32. The smallest absolute Gasteiger partial charge is 0.338 e. The van der Waals surface area contributed by atoms with Gasteiger partial charge in [-0.15, -0.1) is 0 Å². The van der Waals surface area contributed by atoms with Crippen LogP contribution >= 0.6 is 0 Å². The van der Waals surface area contributed by atoms with Crippen LogP contribution in [0.15, 0.2) is 52.2 Å². The summed E-state index contributed by atoms with van der Waals surface area (Å²) in [7, 11) is 0. The van der Waals surface area contributed by atoms with Crippen LogP contribution in [0.25, 0.3) is 0 Å². The fourth-order valence-corrected chi connectivity index (χ4v) is 2.51. The number of alkyl halides is 2. The fraction of sp³-hybridized carbons (Fsp3) is 0.312. The Hall–Kier alpha value is -2.81. The number of aromatic nitrogens is 2. The van der Waals surface area contributed by atoms with Crippen molar-refractivity contribution in [3.8, 4) is 0 Å². The van der Waals surface area contributed by atoms with Crippen molar-refractivity contribution in [2.24, 2.45) is 0 Å². The number of H-pyrrole nitrogens is 1. The van der Waals surface area contributed by atoms with Crippen molar-refractivity contribution >= 4 is 5.97 Å². The molecular weight excluding hydrogens is 338 g/mol. The van der Waals surface area contributed by atoms with Crippen LogP contribution in [-0.4, -0.2) is 34.2 Å². The van der Waals surface area contributed by atoms with E-state index in [4.69, 9.17) is 9.47 Å². The van der Waals surface area contributed by atoms with Gasteiger partial charge in [-0.2, -0.15) is 0 Å². The Kier molecular flexibility index (Phi) is 4.49. The molecular formula is C16H14F2N2O5. The number of hydrogen-bond acceptors (Lipinski definition) is 5. The summed E-state index contributed by atoms with van der Waals surface area (Å²) in [5, 5.41) is 0. The Labute approximate surface area is 139 Å². The summed E-state index contributed by atoms with van der Waals surface area (Å²) in [6.45, 7) is -0.824. The molecule has 1 N–H and O–H groups in total. The van der Waals surface area contributed by atoms with E-state index in [1.807, 2.05) is 4.98 Å². The van der Waals surface area contributed by atoms with Crippen molar-refractivity contribution in [2.75, 3.05) is 6.61 Å². The number of hydrogen-bond donors (Lipinski definition) is 1. The highest BCUT2D eigenvalue weighted by Crippen LogP contribution is 2.39. The molecule has 1 fully saturated rings. The van der Waals surface area contributed by atoms with Gasteiger partial charge in [0.25, 0.3) is 5.56 Å². The molecule has 2 heterocycles. The molecule has 1 aromatic heterocycles. The van der Waals surface area contributed by atoms with Crippen LogP contribution in [0.3, 0.4) is 0 Å². The molecule has 1 aliphatic rings. The fourth-order valence-electron chi connectivity index (χ4n) is 2.51. The highest BCUT2D eigenvalue weighted by atomic mass is 19.2. The van der Waals surface area contributed by atoms with E-state index in [1.54, 1.807) is 18.2 Å². The summed E-state index contributed by atoms with van der Waals surface area (Å²) in [6.07, 6.45) is -3.13. The molecule has 25 heavy (non-hydrogen) atoms. The number of benzene rings is 1. The molecule has 0 radical (unpaired) electrons. The molecule has 3 unspecified atom stereocenters. The van der Waals surface area contributed by atoms with E-state index < -0.39 is 48.5 Å². The lowest BCUT2D eigenvalue weighted by Gasteiger charge is -2.20. The van der Waals surface area contributed by atoms with Gasteiger partial charge in [0.2, 0.25) is 5.85 Å². The highest BCUT2D eigenvalue weighted by Gasteiger charge is 2.50. The Morgan fingerprint density at radius 3 is 2.72 bits per heavy atom. The van der Waals surface area contributed by atoms with Gasteiger partial charge < -0.3 is 9.47 Å². The maximum absolute atomic E-state index is 14.7. The van der Waals surface area contributed by atoms with Crippen LogP contribution in [0.4, 0.5) is 8.78 Å². The third-order valence-electron chi connectivity index (χ3n) is 3.69. The number of ether oxygens (including phenoxy) is 2. The van der Waals surface area contributed by atoms with E-state index in [2.05, 4.69) is 0 Å². The lowest BCUT2D eigenvalue weighted by atomic mass is 10.2. The molecule has 1 saturated heterocycles. The van der Waals surface area contributed by atoms with Gasteiger partial charge in [0.05, 0.1) is 5.56 Å². The summed E-state index contributed by atoms with van der Waals surface area (Å²) in [5.74, 6) is -3.36. The van der Waals surface area contributed by atoms with E-state index in [-0.39, 0.29) is 5.56 Å². The molecule has 132 valence electrons. The average Bonchev–Trinajstić information content (AvgIpc) is 2.88. The topological polar surface area (TPSA) is 90.4 Å². The molecule has 1 aliphatic heterocycles. The molecule has 0 aliphatic carbocycles. The van der Waals surface area contributed by atoms with E-state index in [1.165, 1.54) is 12.1 Å². The van der Waals surface area contributed by atoms with Crippen LogP contribution in [0, 0.1) is 0 Å². The zero-order valence-corrected chi connectivity index (χ0v) is 12.9. The first-order valence-electron chi connectivity index (χ1n) is 7.42. The van der Waals surface area contributed by atoms with Crippen LogP contribution < -0.4 is 11.2 Å². The van der Waals surface area contributed by atoms with Crippen LogP contribution in [0.5, 0.6) is 0 Å². The summed E-state index contributed by atoms with van der Waals surface area (Å²) in [6, 6.07) is 8.90. The Morgan fingerprint density at radius 1 is 1.32 bits per heavy atom. The van der Waals surface area contributed by atoms with Gasteiger partial charge in [0, 0.05) is 18.7 Å². The Morgan fingerprint density at radius 2 is 2.04 bits per heavy atom. The minimum absolute atomic E-state index is 0.217. The first-order chi connectivity index (χ1) is 11.9. The van der Waals surface area contributed by atoms with Gasteiger partial charge in [-0.05, 0) is 12.1 Å². The maximum Gasteiger partial charge on any atom is 0.338 e. The SMILES string of the molecule is O=C(OCC1(F)CC(F)C(n2ccc(=O)[nH]c2=O)O1)c1ccccc1. The van der Waals surface area contributed by atoms with Gasteiger partial charge in [-0.25, -0.2) is 18.4 Å². The van der Waals surface area contributed by atoms with Crippen molar-refractivity contribution in [3.63, 3.8) is 0 Å². The second-order valence-corrected chi connectivity index (χ2v) is 5.57. The summed E-state index contributed by atoms with van der Waals surface area (Å²) >= 11 is 0. The van der Waals surface area contributed by atoms with Crippen LogP contribution in [-0.2, 0) is 9.47 Å². The number of carbonyl (C=O) groups excluding carboxylic acids is 1. The quantitative estimate of drug-likeness (QED) is 0.838. The number of halogens is 2. The normalized spacial score (nSPS) is 25.7. The molecule has 0 bridgehead atoms. The number of rotatable bonds is 4. The maximum atomic E-state index is 14.7. The second kappa shape index (κ2) is 6.60. The standard InChI is InChI=1S/C16H14F2N2O5/c17-11-8-16(18,9-24-14(22)10-4-2-1-3-5-10)25-13(11)20-7-6-12(21)19-15(20)23/h1-7,11,13H,8-9H2,(H,19,21,23). The van der Waals surface area contributed by atoms with Gasteiger partial charge >= 0.3 is 11.7 Å². The van der Waals surface area contributed by atoms with Gasteiger partial charge in [-0.1, -0.05) is 18.2 Å². The molecule has 0 spiro atoms. The number of nitrogens with zero attached hydrogens (tertiary/aromatic N) is 1. The molecule has 9 heteroatoms. The van der Waals surface area contributed by atoms with Crippen LogP contribution in [0.2, 0.25) is 0 Å². The van der Waals surface area contributed by atoms with Gasteiger partial charge in [0.1, 0.15) is 0 Å². The van der Waals surface area contributed by atoms with E-state index in [0.717, 1.165) is 16.8 Å². The van der Waals surface area contributed by atoms with Crippen molar-refractivity contribution in [2.45, 2.75) is 24.7 Å². The zero-order chi connectivity index (χ0) is 18.0. The number of nitrogens with one attached hydrogen (secondary N) is 1. The third kappa shape index (κ3) is 3.66. The Bertz CT molecular complexity index is 882. The monoisotopic (exact) mass is 352 g/mol. The third-order valence-corrected chi connectivity index (χ3v) is 3.69. The van der Waals surface area contributed by atoms with Crippen molar-refractivity contribution in [3.05, 3.63) is 69.0 Å². The predicted molar refractivity (Wildman–Crippen MR) is 81.5 cm³/mol. The number of esters is 1. The number of aromatic amines is 1. The molecule has 1 aromatic carbocycles. The van der Waals surface area contributed by atoms with Gasteiger partial charge in [-0.3, -0.25) is 14.3 Å². The summed E-state index contributed by atoms with van der Waals surface area (Å²) in [5.41, 5.74) is -1.38. The minimum atomic E-state index is -2.58.